The number of carbonyl (C=O) groups excluding carboxylic acids is 3. The van der Waals surface area contributed by atoms with E-state index in [0.717, 1.165) is 25.7 Å². The van der Waals surface area contributed by atoms with Crippen molar-refractivity contribution in [3.05, 3.63) is 0 Å². The first-order valence-corrected chi connectivity index (χ1v) is 13.5. The molecule has 6 nitrogen and oxygen atoms in total. The molecule has 6 heteroatoms. The monoisotopic (exact) mass is 467 g/mol. The van der Waals surface area contributed by atoms with Gasteiger partial charge in [-0.05, 0) is 31.6 Å². The number of cyclic esters (lactones) is 1. The van der Waals surface area contributed by atoms with E-state index in [0.29, 0.717) is 19.3 Å². The Morgan fingerprint density at radius 2 is 1.58 bits per heavy atom. The van der Waals surface area contributed by atoms with Crippen molar-refractivity contribution >= 4 is 18.3 Å². The Bertz CT molecular complexity index is 551. The first-order chi connectivity index (χ1) is 15.9. The van der Waals surface area contributed by atoms with Gasteiger partial charge in [-0.2, -0.15) is 0 Å². The molecule has 0 aromatic heterocycles. The van der Waals surface area contributed by atoms with Crippen LogP contribution in [0.5, 0.6) is 0 Å². The number of unbranched alkanes of at least 4 members (excludes halogenated alkanes) is 10. The number of amides is 1. The van der Waals surface area contributed by atoms with Gasteiger partial charge in [-0.3, -0.25) is 9.59 Å². The van der Waals surface area contributed by atoms with Crippen LogP contribution in [0.25, 0.3) is 0 Å². The van der Waals surface area contributed by atoms with Gasteiger partial charge in [-0.1, -0.05) is 91.9 Å². The molecule has 0 radical (unpaired) electrons. The predicted molar refractivity (Wildman–Crippen MR) is 132 cm³/mol. The molecule has 1 aliphatic heterocycles. The lowest BCUT2D eigenvalue weighted by Crippen LogP contribution is -2.47. The lowest BCUT2D eigenvalue weighted by molar-refractivity contribution is -0.190. The van der Waals surface area contributed by atoms with E-state index in [1.54, 1.807) is 0 Å². The molecule has 1 N–H and O–H groups in total. The van der Waals surface area contributed by atoms with Crippen molar-refractivity contribution in [1.29, 1.82) is 0 Å². The highest BCUT2D eigenvalue weighted by molar-refractivity contribution is 5.79. The van der Waals surface area contributed by atoms with E-state index in [4.69, 9.17) is 9.47 Å². The average molecular weight is 468 g/mol. The van der Waals surface area contributed by atoms with Crippen LogP contribution < -0.4 is 5.32 Å². The van der Waals surface area contributed by atoms with Gasteiger partial charge in [0.05, 0.1) is 5.92 Å². The maximum Gasteiger partial charge on any atom is 0.328 e. The van der Waals surface area contributed by atoms with E-state index in [2.05, 4.69) is 12.2 Å². The summed E-state index contributed by atoms with van der Waals surface area (Å²) in [4.78, 5) is 35.3. The molecule has 1 aliphatic rings. The van der Waals surface area contributed by atoms with E-state index in [1.807, 2.05) is 20.8 Å². The van der Waals surface area contributed by atoms with Crippen molar-refractivity contribution in [3.8, 4) is 0 Å². The highest BCUT2D eigenvalue weighted by Crippen LogP contribution is 2.31. The second-order valence-corrected chi connectivity index (χ2v) is 10.1. The highest BCUT2D eigenvalue weighted by Gasteiger charge is 2.42. The number of esters is 2. The zero-order valence-corrected chi connectivity index (χ0v) is 21.6. The third kappa shape index (κ3) is 12.4. The number of carbonyl (C=O) groups is 3. The maximum atomic E-state index is 12.7. The normalized spacial score (nSPS) is 19.5. The highest BCUT2D eigenvalue weighted by atomic mass is 16.6. The molecule has 192 valence electrons. The van der Waals surface area contributed by atoms with Crippen LogP contribution in [0.4, 0.5) is 0 Å². The van der Waals surface area contributed by atoms with Gasteiger partial charge in [0, 0.05) is 6.42 Å². The second-order valence-electron chi connectivity index (χ2n) is 10.1. The zero-order valence-electron chi connectivity index (χ0n) is 21.6. The van der Waals surface area contributed by atoms with E-state index in [-0.39, 0.29) is 36.0 Å². The Balaban J connectivity index is 2.42. The van der Waals surface area contributed by atoms with Gasteiger partial charge in [0.25, 0.3) is 0 Å². The second kappa shape index (κ2) is 17.8. The van der Waals surface area contributed by atoms with Crippen molar-refractivity contribution < 1.29 is 23.9 Å². The van der Waals surface area contributed by atoms with E-state index >= 15 is 0 Å². The quantitative estimate of drug-likeness (QED) is 0.125. The number of hydrogen-bond acceptors (Lipinski definition) is 5. The minimum Gasteiger partial charge on any atom is -0.461 e. The van der Waals surface area contributed by atoms with Gasteiger partial charge in [0.2, 0.25) is 6.41 Å². The molecule has 1 fully saturated rings. The lowest BCUT2D eigenvalue weighted by atomic mass is 9.88. The van der Waals surface area contributed by atoms with Crippen LogP contribution in [0.1, 0.15) is 124 Å². The maximum absolute atomic E-state index is 12.7. The molecule has 0 aliphatic carbocycles. The lowest BCUT2D eigenvalue weighted by Gasteiger charge is -2.36. The summed E-state index contributed by atoms with van der Waals surface area (Å²) in [5, 5.41) is 2.60. The Morgan fingerprint density at radius 3 is 2.06 bits per heavy atom. The minimum atomic E-state index is -0.631. The van der Waals surface area contributed by atoms with Crippen LogP contribution >= 0.6 is 0 Å². The largest absolute Gasteiger partial charge is 0.461 e. The van der Waals surface area contributed by atoms with Crippen LogP contribution in [0.3, 0.4) is 0 Å². The number of nitrogens with one attached hydrogen (secondary N) is 1. The van der Waals surface area contributed by atoms with E-state index in [9.17, 15) is 14.4 Å². The number of ether oxygens (including phenoxy) is 2. The third-order valence-corrected chi connectivity index (χ3v) is 6.63. The van der Waals surface area contributed by atoms with Gasteiger partial charge in [0.15, 0.2) is 0 Å². The Kier molecular flexibility index (Phi) is 15.9. The third-order valence-electron chi connectivity index (χ3n) is 6.63. The topological polar surface area (TPSA) is 81.7 Å². The Labute approximate surface area is 201 Å². The minimum absolute atomic E-state index is 0.0944. The SMILES string of the molecule is CCCCCCCCCCCCC[C@@H](CC1OC(=O)[C@H]1CC)OC(=O)[C@H](CC(C)C)NC=O. The van der Waals surface area contributed by atoms with Crippen molar-refractivity contribution in [1.82, 2.24) is 5.32 Å². The van der Waals surface area contributed by atoms with Crippen molar-refractivity contribution in [2.24, 2.45) is 11.8 Å². The molecule has 1 amide bonds. The summed E-state index contributed by atoms with van der Waals surface area (Å²) in [5.41, 5.74) is 0. The fourth-order valence-electron chi connectivity index (χ4n) is 4.59. The number of hydrogen-bond donors (Lipinski definition) is 1. The van der Waals surface area contributed by atoms with Gasteiger partial charge in [-0.25, -0.2) is 4.79 Å². The van der Waals surface area contributed by atoms with Crippen LogP contribution in [0, 0.1) is 11.8 Å². The van der Waals surface area contributed by atoms with Crippen LogP contribution in [0.15, 0.2) is 0 Å². The molecule has 0 spiro atoms. The van der Waals surface area contributed by atoms with Crippen LogP contribution in [-0.4, -0.2) is 36.6 Å². The summed E-state index contributed by atoms with van der Waals surface area (Å²) >= 11 is 0. The van der Waals surface area contributed by atoms with Gasteiger partial charge in [0.1, 0.15) is 18.2 Å². The van der Waals surface area contributed by atoms with Gasteiger partial charge in [-0.15, -0.1) is 0 Å². The molecule has 0 bridgehead atoms. The summed E-state index contributed by atoms with van der Waals surface area (Å²) in [5.74, 6) is -0.370. The molecule has 1 rings (SSSR count). The average Bonchev–Trinajstić information content (AvgIpc) is 2.76. The fourth-order valence-corrected chi connectivity index (χ4v) is 4.59. The standard InChI is InChI=1S/C27H49NO5/c1-5-7-8-9-10-11-12-13-14-15-16-17-22(19-25-23(6-2)26(30)33-25)32-27(31)24(28-20-29)18-21(3)4/h20-25H,5-19H2,1-4H3,(H,28,29)/t22-,23-,24-,25?/m0/s1. The summed E-state index contributed by atoms with van der Waals surface area (Å²) in [6.45, 7) is 8.25. The van der Waals surface area contributed by atoms with Crippen molar-refractivity contribution in [2.45, 2.75) is 142 Å². The summed E-state index contributed by atoms with van der Waals surface area (Å²) in [6.07, 6.45) is 16.6. The summed E-state index contributed by atoms with van der Waals surface area (Å²) < 4.78 is 11.2. The molecular formula is C27H49NO5. The molecule has 33 heavy (non-hydrogen) atoms. The first-order valence-electron chi connectivity index (χ1n) is 13.5. The predicted octanol–water partition coefficient (Wildman–Crippen LogP) is 6.10. The Morgan fingerprint density at radius 1 is 1.00 bits per heavy atom. The molecule has 1 heterocycles. The van der Waals surface area contributed by atoms with Crippen molar-refractivity contribution in [2.75, 3.05) is 0 Å². The van der Waals surface area contributed by atoms with Gasteiger partial charge < -0.3 is 14.8 Å². The smallest absolute Gasteiger partial charge is 0.328 e. The molecule has 0 aromatic carbocycles. The fraction of sp³-hybridized carbons (Fsp3) is 0.889. The summed E-state index contributed by atoms with van der Waals surface area (Å²) in [6, 6.07) is -0.631. The van der Waals surface area contributed by atoms with Crippen LogP contribution in [-0.2, 0) is 23.9 Å². The first kappa shape index (κ1) is 29.4. The number of rotatable bonds is 21. The molecule has 0 aromatic rings. The molecule has 1 saturated heterocycles. The van der Waals surface area contributed by atoms with E-state index in [1.165, 1.54) is 57.8 Å². The van der Waals surface area contributed by atoms with Crippen molar-refractivity contribution in [3.63, 3.8) is 0 Å². The molecule has 4 atom stereocenters. The summed E-state index contributed by atoms with van der Waals surface area (Å²) in [7, 11) is 0. The van der Waals surface area contributed by atoms with Crippen LogP contribution in [0.2, 0.25) is 0 Å². The van der Waals surface area contributed by atoms with E-state index < -0.39 is 6.04 Å². The Hall–Kier alpha value is -1.59. The molecular weight excluding hydrogens is 418 g/mol. The zero-order chi connectivity index (χ0) is 24.5. The molecule has 0 saturated carbocycles. The molecule has 1 unspecified atom stereocenters. The van der Waals surface area contributed by atoms with Gasteiger partial charge >= 0.3 is 11.9 Å².